The predicted octanol–water partition coefficient (Wildman–Crippen LogP) is 2.56. The first-order chi connectivity index (χ1) is 5.56. The molecule has 0 aliphatic heterocycles. The van der Waals surface area contributed by atoms with Crippen molar-refractivity contribution < 1.29 is 30.7 Å². The average Bonchev–Trinajstić information content (AvgIpc) is 1.84. The molecule has 0 saturated heterocycles. The van der Waals surface area contributed by atoms with Gasteiger partial charge in [0.25, 0.3) is 0 Å². The second-order valence-corrected chi connectivity index (χ2v) is 2.35. The van der Waals surface area contributed by atoms with Crippen LogP contribution in [0.15, 0.2) is 0 Å². The molecule has 0 fully saturated rings. The van der Waals surface area contributed by atoms with Gasteiger partial charge in [-0.05, 0) is 11.8 Å². The van der Waals surface area contributed by atoms with Gasteiger partial charge in [0.15, 0.2) is 0 Å². The topological polar surface area (TPSA) is 12.0 Å². The lowest BCUT2D eigenvalue weighted by Gasteiger charge is -2.27. The number of nitrogens with one attached hydrogen (secondary N) is 1. The molecule has 80 valence electrons. The number of hydrogen-bond acceptors (Lipinski definition) is 1. The lowest BCUT2D eigenvalue weighted by Crippen LogP contribution is -2.55. The van der Waals surface area contributed by atoms with Crippen LogP contribution in [0.1, 0.15) is 0 Å². The van der Waals surface area contributed by atoms with E-state index in [0.717, 1.165) is 4.84 Å². The van der Waals surface area contributed by atoms with Crippen molar-refractivity contribution in [1.82, 2.24) is 4.84 Å². The van der Waals surface area contributed by atoms with Gasteiger partial charge in [0.1, 0.15) is 0 Å². The first-order valence-corrected chi connectivity index (χ1v) is 3.10. The molecule has 13 heavy (non-hydrogen) atoms. The van der Waals surface area contributed by atoms with Gasteiger partial charge in [-0.3, -0.25) is 0 Å². The third kappa shape index (κ3) is 2.37. The number of hydrogen-bond donors (Lipinski definition) is 1. The molecule has 0 bridgehead atoms. The molecule has 0 aromatic carbocycles. The average molecular weight is 234 g/mol. The summed E-state index contributed by atoms with van der Waals surface area (Å²) in [6, 6.07) is 0. The largest absolute Gasteiger partial charge is 0.459 e. The Balaban J connectivity index is 4.81. The zero-order valence-corrected chi connectivity index (χ0v) is 6.49. The van der Waals surface area contributed by atoms with Crippen LogP contribution in [0, 0.1) is 0 Å². The fraction of sp³-hybridized carbons (Fsp3) is 1.00. The quantitative estimate of drug-likeness (QED) is 0.584. The van der Waals surface area contributed by atoms with E-state index in [2.05, 4.69) is 11.8 Å². The highest BCUT2D eigenvalue weighted by Crippen LogP contribution is 2.46. The highest BCUT2D eigenvalue weighted by Gasteiger charge is 2.72. The molecule has 0 rings (SSSR count). The molecule has 0 aromatic rings. The SMILES string of the molecule is FC(F)(F)C(F)(F)C(F)(F)CNCl. The standard InChI is InChI=1S/C4H3ClF7N/c5-13-1-2(6,7)3(8,9)4(10,11)12/h13H,1H2. The van der Waals surface area contributed by atoms with Crippen molar-refractivity contribution >= 4 is 11.8 Å². The zero-order valence-electron chi connectivity index (χ0n) is 5.73. The van der Waals surface area contributed by atoms with Gasteiger partial charge in [0.05, 0.1) is 6.54 Å². The first kappa shape index (κ1) is 12.8. The van der Waals surface area contributed by atoms with Gasteiger partial charge < -0.3 is 0 Å². The molecule has 0 heterocycles. The molecule has 0 saturated carbocycles. The molecule has 0 aromatic heterocycles. The molecule has 0 spiro atoms. The maximum atomic E-state index is 12.1. The minimum atomic E-state index is -6.30. The van der Waals surface area contributed by atoms with E-state index in [0.29, 0.717) is 0 Å². The van der Waals surface area contributed by atoms with Crippen molar-refractivity contribution in [3.8, 4) is 0 Å². The third-order valence-electron chi connectivity index (χ3n) is 1.10. The molecular formula is C4H3ClF7N. The van der Waals surface area contributed by atoms with Crippen LogP contribution in [0.5, 0.6) is 0 Å². The minimum Gasteiger partial charge on any atom is -0.227 e. The van der Waals surface area contributed by atoms with Crippen molar-refractivity contribution in [1.29, 1.82) is 0 Å². The van der Waals surface area contributed by atoms with Gasteiger partial charge in [0.2, 0.25) is 0 Å². The minimum absolute atomic E-state index is 1.03. The van der Waals surface area contributed by atoms with E-state index in [1.54, 1.807) is 0 Å². The van der Waals surface area contributed by atoms with Crippen molar-refractivity contribution in [3.05, 3.63) is 0 Å². The molecule has 0 atom stereocenters. The summed E-state index contributed by atoms with van der Waals surface area (Å²) in [7, 11) is 0. The Labute approximate surface area is 73.0 Å². The van der Waals surface area contributed by atoms with E-state index >= 15 is 0 Å². The lowest BCUT2D eigenvalue weighted by molar-refractivity contribution is -0.352. The third-order valence-corrected chi connectivity index (χ3v) is 1.24. The van der Waals surface area contributed by atoms with Gasteiger partial charge in [-0.1, -0.05) is 0 Å². The van der Waals surface area contributed by atoms with Crippen molar-refractivity contribution in [2.24, 2.45) is 0 Å². The molecule has 0 amide bonds. The van der Waals surface area contributed by atoms with Gasteiger partial charge >= 0.3 is 18.0 Å². The molecule has 0 radical (unpaired) electrons. The summed E-state index contributed by atoms with van der Waals surface area (Å²) in [5, 5.41) is 0. The Morgan fingerprint density at radius 3 is 1.54 bits per heavy atom. The maximum absolute atomic E-state index is 12.1. The van der Waals surface area contributed by atoms with E-state index < -0.39 is 24.6 Å². The maximum Gasteiger partial charge on any atom is 0.459 e. The Bertz CT molecular complexity index is 176. The Morgan fingerprint density at radius 1 is 0.923 bits per heavy atom. The van der Waals surface area contributed by atoms with Gasteiger partial charge in [-0.15, -0.1) is 0 Å². The van der Waals surface area contributed by atoms with Crippen LogP contribution < -0.4 is 4.84 Å². The van der Waals surface area contributed by atoms with Crippen LogP contribution in [0.25, 0.3) is 0 Å². The van der Waals surface area contributed by atoms with Crippen molar-refractivity contribution in [3.63, 3.8) is 0 Å². The smallest absolute Gasteiger partial charge is 0.227 e. The highest BCUT2D eigenvalue weighted by atomic mass is 35.5. The van der Waals surface area contributed by atoms with Crippen molar-refractivity contribution in [2.75, 3.05) is 6.54 Å². The summed E-state index contributed by atoms with van der Waals surface area (Å²) in [5.41, 5.74) is 0. The summed E-state index contributed by atoms with van der Waals surface area (Å²) < 4.78 is 82.1. The number of rotatable bonds is 3. The van der Waals surface area contributed by atoms with E-state index in [4.69, 9.17) is 0 Å². The second-order valence-electron chi connectivity index (χ2n) is 2.09. The van der Waals surface area contributed by atoms with Crippen LogP contribution >= 0.6 is 11.8 Å². The summed E-state index contributed by atoms with van der Waals surface area (Å²) in [6.45, 7) is -1.97. The molecule has 0 aliphatic carbocycles. The summed E-state index contributed by atoms with van der Waals surface area (Å²) in [4.78, 5) is 1.03. The lowest BCUT2D eigenvalue weighted by atomic mass is 10.1. The molecule has 1 nitrogen and oxygen atoms in total. The second kappa shape index (κ2) is 3.49. The van der Waals surface area contributed by atoms with Crippen LogP contribution in [0.4, 0.5) is 30.7 Å². The van der Waals surface area contributed by atoms with E-state index in [9.17, 15) is 30.7 Å². The van der Waals surface area contributed by atoms with Gasteiger partial charge in [-0.2, -0.15) is 30.7 Å². The fourth-order valence-electron chi connectivity index (χ4n) is 0.402. The van der Waals surface area contributed by atoms with Crippen LogP contribution in [-0.4, -0.2) is 24.6 Å². The molecular weight excluding hydrogens is 230 g/mol. The predicted molar refractivity (Wildman–Crippen MR) is 29.8 cm³/mol. The van der Waals surface area contributed by atoms with Crippen molar-refractivity contribution in [2.45, 2.75) is 18.0 Å². The molecule has 0 unspecified atom stereocenters. The Hall–Kier alpha value is -0.240. The first-order valence-electron chi connectivity index (χ1n) is 2.72. The van der Waals surface area contributed by atoms with Crippen LogP contribution in [-0.2, 0) is 0 Å². The normalized spacial score (nSPS) is 14.8. The van der Waals surface area contributed by atoms with E-state index in [1.165, 1.54) is 0 Å². The van der Waals surface area contributed by atoms with Gasteiger partial charge in [0, 0.05) is 0 Å². The molecule has 9 heteroatoms. The summed E-state index contributed by atoms with van der Waals surface area (Å²) in [5.74, 6) is -11.4. The van der Waals surface area contributed by atoms with Crippen LogP contribution in [0.3, 0.4) is 0 Å². The van der Waals surface area contributed by atoms with E-state index in [1.807, 2.05) is 0 Å². The Morgan fingerprint density at radius 2 is 1.31 bits per heavy atom. The Kier molecular flexibility index (Phi) is 3.42. The summed E-state index contributed by atoms with van der Waals surface area (Å²) >= 11 is 4.41. The number of alkyl halides is 7. The zero-order chi connectivity index (χ0) is 10.9. The molecule has 1 N–H and O–H groups in total. The number of halogens is 8. The van der Waals surface area contributed by atoms with Gasteiger partial charge in [-0.25, -0.2) is 4.84 Å². The highest BCUT2D eigenvalue weighted by molar-refractivity contribution is 6.13. The van der Waals surface area contributed by atoms with E-state index in [-0.39, 0.29) is 0 Å². The fourth-order valence-corrected chi connectivity index (χ4v) is 0.570. The molecule has 0 aliphatic rings. The van der Waals surface area contributed by atoms with Crippen LogP contribution in [0.2, 0.25) is 0 Å². The monoisotopic (exact) mass is 233 g/mol. The summed E-state index contributed by atoms with van der Waals surface area (Å²) in [6.07, 6.45) is -6.30.